The van der Waals surface area contributed by atoms with Crippen LogP contribution in [0.4, 0.5) is 0 Å². The fourth-order valence-corrected chi connectivity index (χ4v) is 3.77. The Morgan fingerprint density at radius 2 is 2.19 bits per heavy atom. The SMILES string of the molecule is COCCn1c(SCC(N)=O)nc2sc(C)c(C)c2c1=O. The van der Waals surface area contributed by atoms with Gasteiger partial charge in [0.15, 0.2) is 5.16 Å². The molecule has 0 fully saturated rings. The topological polar surface area (TPSA) is 87.2 Å². The molecule has 0 radical (unpaired) electrons. The predicted molar refractivity (Wildman–Crippen MR) is 85.1 cm³/mol. The quantitative estimate of drug-likeness (QED) is 0.638. The Hall–Kier alpha value is -1.38. The van der Waals surface area contributed by atoms with Crippen molar-refractivity contribution in [3.8, 4) is 0 Å². The van der Waals surface area contributed by atoms with Crippen molar-refractivity contribution in [1.82, 2.24) is 9.55 Å². The molecule has 114 valence electrons. The van der Waals surface area contributed by atoms with E-state index >= 15 is 0 Å². The molecule has 0 spiro atoms. The van der Waals surface area contributed by atoms with E-state index in [0.717, 1.165) is 10.4 Å². The van der Waals surface area contributed by atoms with Gasteiger partial charge in [-0.1, -0.05) is 11.8 Å². The van der Waals surface area contributed by atoms with Gasteiger partial charge >= 0.3 is 0 Å². The number of ether oxygens (including phenoxy) is 1. The Morgan fingerprint density at radius 3 is 2.81 bits per heavy atom. The fraction of sp³-hybridized carbons (Fsp3) is 0.462. The molecule has 0 aliphatic carbocycles. The number of thiophene rings is 1. The molecule has 0 saturated carbocycles. The van der Waals surface area contributed by atoms with Crippen molar-refractivity contribution in [3.05, 3.63) is 20.8 Å². The Kier molecular flexibility index (Phi) is 5.02. The number of amides is 1. The number of hydrogen-bond donors (Lipinski definition) is 1. The van der Waals surface area contributed by atoms with E-state index < -0.39 is 5.91 Å². The van der Waals surface area contributed by atoms with Gasteiger partial charge in [0.1, 0.15) is 4.83 Å². The molecule has 2 heterocycles. The van der Waals surface area contributed by atoms with E-state index in [9.17, 15) is 9.59 Å². The van der Waals surface area contributed by atoms with E-state index in [2.05, 4.69) is 4.98 Å². The molecule has 0 aromatic carbocycles. The van der Waals surface area contributed by atoms with Crippen LogP contribution in [0, 0.1) is 13.8 Å². The standard InChI is InChI=1S/C13H17N3O3S2/c1-7-8(2)21-11-10(7)12(18)16(4-5-19-3)13(15-11)20-6-9(14)17/h4-6H2,1-3H3,(H2,14,17). The minimum absolute atomic E-state index is 0.0915. The van der Waals surface area contributed by atoms with E-state index in [1.165, 1.54) is 23.1 Å². The van der Waals surface area contributed by atoms with Gasteiger partial charge in [0, 0.05) is 12.0 Å². The number of carbonyl (C=O) groups is 1. The average molecular weight is 327 g/mol. The lowest BCUT2D eigenvalue weighted by Crippen LogP contribution is -2.26. The maximum absolute atomic E-state index is 12.7. The summed E-state index contributed by atoms with van der Waals surface area (Å²) in [6.45, 7) is 4.69. The number of methoxy groups -OCH3 is 1. The summed E-state index contributed by atoms with van der Waals surface area (Å²) < 4.78 is 6.60. The van der Waals surface area contributed by atoms with Crippen LogP contribution in [-0.4, -0.2) is 34.9 Å². The van der Waals surface area contributed by atoms with E-state index in [1.54, 1.807) is 11.7 Å². The highest BCUT2D eigenvalue weighted by Gasteiger charge is 2.17. The molecule has 0 aliphatic heterocycles. The summed E-state index contributed by atoms with van der Waals surface area (Å²) in [5, 5.41) is 1.15. The Morgan fingerprint density at radius 1 is 1.48 bits per heavy atom. The molecular formula is C13H17N3O3S2. The van der Waals surface area contributed by atoms with Gasteiger partial charge in [0.05, 0.1) is 24.3 Å². The summed E-state index contributed by atoms with van der Waals surface area (Å²) in [5.41, 5.74) is 6.04. The summed E-state index contributed by atoms with van der Waals surface area (Å²) in [4.78, 5) is 29.9. The summed E-state index contributed by atoms with van der Waals surface area (Å²) in [5.74, 6) is -0.347. The first-order chi connectivity index (χ1) is 9.95. The largest absolute Gasteiger partial charge is 0.383 e. The van der Waals surface area contributed by atoms with Gasteiger partial charge in [-0.2, -0.15) is 0 Å². The first-order valence-corrected chi connectivity index (χ1v) is 8.16. The van der Waals surface area contributed by atoms with Crippen LogP contribution in [0.5, 0.6) is 0 Å². The third-order valence-electron chi connectivity index (χ3n) is 3.12. The van der Waals surface area contributed by atoms with Gasteiger partial charge in [-0.15, -0.1) is 11.3 Å². The number of rotatable bonds is 6. The molecule has 8 heteroatoms. The Labute approximate surface area is 130 Å². The highest BCUT2D eigenvalue weighted by molar-refractivity contribution is 7.99. The lowest BCUT2D eigenvalue weighted by Gasteiger charge is -2.11. The second-order valence-electron chi connectivity index (χ2n) is 4.56. The Balaban J connectivity index is 2.58. The summed E-state index contributed by atoms with van der Waals surface area (Å²) >= 11 is 2.67. The summed E-state index contributed by atoms with van der Waals surface area (Å²) in [6, 6.07) is 0. The molecule has 1 amide bonds. The van der Waals surface area contributed by atoms with Crippen molar-refractivity contribution in [2.75, 3.05) is 19.5 Å². The summed E-state index contributed by atoms with van der Waals surface area (Å²) in [6.07, 6.45) is 0. The zero-order valence-corrected chi connectivity index (χ0v) is 13.8. The molecule has 6 nitrogen and oxygen atoms in total. The van der Waals surface area contributed by atoms with Crippen molar-refractivity contribution in [3.63, 3.8) is 0 Å². The van der Waals surface area contributed by atoms with Gasteiger partial charge < -0.3 is 10.5 Å². The molecule has 0 unspecified atom stereocenters. The molecule has 2 aromatic heterocycles. The molecule has 2 rings (SSSR count). The third kappa shape index (κ3) is 3.28. The maximum Gasteiger partial charge on any atom is 0.263 e. The number of hydrogen-bond acceptors (Lipinski definition) is 6. The number of nitrogens with two attached hydrogens (primary N) is 1. The van der Waals surface area contributed by atoms with E-state index in [4.69, 9.17) is 10.5 Å². The van der Waals surface area contributed by atoms with Crippen LogP contribution in [0.3, 0.4) is 0 Å². The number of aryl methyl sites for hydroxylation is 2. The van der Waals surface area contributed by atoms with Crippen molar-refractivity contribution in [2.24, 2.45) is 5.73 Å². The van der Waals surface area contributed by atoms with Crippen molar-refractivity contribution >= 4 is 39.2 Å². The lowest BCUT2D eigenvalue weighted by atomic mass is 10.2. The molecule has 0 bridgehead atoms. The molecule has 21 heavy (non-hydrogen) atoms. The van der Waals surface area contributed by atoms with Crippen molar-refractivity contribution < 1.29 is 9.53 Å². The van der Waals surface area contributed by atoms with E-state index in [-0.39, 0.29) is 11.3 Å². The number of aromatic nitrogens is 2. The molecule has 0 saturated heterocycles. The third-order valence-corrected chi connectivity index (χ3v) is 5.22. The lowest BCUT2D eigenvalue weighted by molar-refractivity contribution is -0.115. The monoisotopic (exact) mass is 327 g/mol. The number of carbonyl (C=O) groups excluding carboxylic acids is 1. The molecular weight excluding hydrogens is 310 g/mol. The van der Waals surface area contributed by atoms with E-state index in [1.807, 2.05) is 13.8 Å². The van der Waals surface area contributed by atoms with Crippen LogP contribution < -0.4 is 11.3 Å². The van der Waals surface area contributed by atoms with Gasteiger partial charge in [0.25, 0.3) is 5.56 Å². The second kappa shape index (κ2) is 6.59. The van der Waals surface area contributed by atoms with Crippen LogP contribution in [0.2, 0.25) is 0 Å². The molecule has 0 atom stereocenters. The van der Waals surface area contributed by atoms with Crippen molar-refractivity contribution in [1.29, 1.82) is 0 Å². The first-order valence-electron chi connectivity index (χ1n) is 6.36. The van der Waals surface area contributed by atoms with Gasteiger partial charge in [-0.25, -0.2) is 4.98 Å². The number of thioether (sulfide) groups is 1. The summed E-state index contributed by atoms with van der Waals surface area (Å²) in [7, 11) is 1.58. The average Bonchev–Trinajstić information content (AvgIpc) is 2.71. The highest BCUT2D eigenvalue weighted by atomic mass is 32.2. The number of nitrogens with zero attached hydrogens (tertiary/aromatic N) is 2. The zero-order chi connectivity index (χ0) is 15.6. The first kappa shape index (κ1) is 16.0. The highest BCUT2D eigenvalue weighted by Crippen LogP contribution is 2.28. The van der Waals surface area contributed by atoms with Crippen LogP contribution in [-0.2, 0) is 16.1 Å². The van der Waals surface area contributed by atoms with Crippen LogP contribution in [0.25, 0.3) is 10.2 Å². The fourth-order valence-electron chi connectivity index (χ4n) is 1.93. The number of primary amides is 1. The zero-order valence-electron chi connectivity index (χ0n) is 12.1. The van der Waals surface area contributed by atoms with E-state index in [0.29, 0.717) is 28.5 Å². The minimum Gasteiger partial charge on any atom is -0.383 e. The van der Waals surface area contributed by atoms with Gasteiger partial charge in [-0.3, -0.25) is 14.2 Å². The number of fused-ring (bicyclic) bond motifs is 1. The smallest absolute Gasteiger partial charge is 0.263 e. The minimum atomic E-state index is -0.439. The van der Waals surface area contributed by atoms with Crippen LogP contribution >= 0.6 is 23.1 Å². The molecule has 2 N–H and O–H groups in total. The van der Waals surface area contributed by atoms with Crippen LogP contribution in [0.15, 0.2) is 9.95 Å². The van der Waals surface area contributed by atoms with Gasteiger partial charge in [-0.05, 0) is 19.4 Å². The maximum atomic E-state index is 12.7. The molecule has 0 aliphatic rings. The van der Waals surface area contributed by atoms with Crippen LogP contribution in [0.1, 0.15) is 10.4 Å². The Bertz CT molecular complexity index is 736. The predicted octanol–water partition coefficient (Wildman–Crippen LogP) is 1.30. The normalized spacial score (nSPS) is 11.2. The molecule has 2 aromatic rings. The van der Waals surface area contributed by atoms with Gasteiger partial charge in [0.2, 0.25) is 5.91 Å². The van der Waals surface area contributed by atoms with Crippen molar-refractivity contribution in [2.45, 2.75) is 25.5 Å². The second-order valence-corrected chi connectivity index (χ2v) is 6.71.